The van der Waals surface area contributed by atoms with E-state index in [2.05, 4.69) is 132 Å². The van der Waals surface area contributed by atoms with Gasteiger partial charge in [-0.1, -0.05) is 121 Å². The molecule has 4 aromatic heterocycles. The van der Waals surface area contributed by atoms with Gasteiger partial charge in [-0.15, -0.1) is 0 Å². The van der Waals surface area contributed by atoms with E-state index in [1.54, 1.807) is 0 Å². The summed E-state index contributed by atoms with van der Waals surface area (Å²) in [5, 5.41) is 5.48. The number of fused-ring (bicyclic) bond motifs is 9. The Labute approximate surface area is 327 Å². The van der Waals surface area contributed by atoms with E-state index in [9.17, 15) is 0 Å². The van der Waals surface area contributed by atoms with E-state index < -0.39 is 0 Å². The van der Waals surface area contributed by atoms with Crippen LogP contribution < -0.4 is 0 Å². The van der Waals surface area contributed by atoms with E-state index in [0.717, 1.165) is 107 Å². The van der Waals surface area contributed by atoms with E-state index in [0.29, 0.717) is 17.5 Å². The van der Waals surface area contributed by atoms with Crippen molar-refractivity contribution in [2.45, 2.75) is 12.8 Å². The molecule has 4 heterocycles. The van der Waals surface area contributed by atoms with Crippen molar-refractivity contribution < 1.29 is 8.83 Å². The molecular formula is C51H32N4O2. The lowest BCUT2D eigenvalue weighted by molar-refractivity contribution is 0.547. The lowest BCUT2D eigenvalue weighted by Crippen LogP contribution is -2.00. The van der Waals surface area contributed by atoms with Crippen molar-refractivity contribution in [2.24, 2.45) is 0 Å². The summed E-state index contributed by atoms with van der Waals surface area (Å²) in [6.07, 6.45) is 6.23. The van der Waals surface area contributed by atoms with E-state index in [-0.39, 0.29) is 0 Å². The third kappa shape index (κ3) is 5.00. The van der Waals surface area contributed by atoms with Crippen molar-refractivity contribution in [1.29, 1.82) is 0 Å². The molecule has 0 amide bonds. The highest BCUT2D eigenvalue weighted by atomic mass is 16.3. The van der Waals surface area contributed by atoms with Gasteiger partial charge in [-0.25, -0.2) is 15.0 Å². The molecule has 0 spiro atoms. The van der Waals surface area contributed by atoms with Gasteiger partial charge in [0.05, 0.1) is 22.3 Å². The molecule has 0 radical (unpaired) electrons. The van der Waals surface area contributed by atoms with Crippen LogP contribution in [0.25, 0.3) is 112 Å². The average molecular weight is 733 g/mol. The molecule has 11 aromatic rings. The second-order valence-electron chi connectivity index (χ2n) is 14.7. The highest BCUT2D eigenvalue weighted by Crippen LogP contribution is 2.41. The molecule has 268 valence electrons. The van der Waals surface area contributed by atoms with Crippen molar-refractivity contribution in [3.8, 4) is 51.0 Å². The van der Waals surface area contributed by atoms with Crippen LogP contribution in [0.3, 0.4) is 0 Å². The van der Waals surface area contributed by atoms with Crippen molar-refractivity contribution >= 4 is 60.8 Å². The minimum absolute atomic E-state index is 0.578. The van der Waals surface area contributed by atoms with Gasteiger partial charge in [-0.05, 0) is 66.1 Å². The van der Waals surface area contributed by atoms with E-state index in [1.807, 2.05) is 42.5 Å². The van der Waals surface area contributed by atoms with E-state index in [4.69, 9.17) is 23.8 Å². The lowest BCUT2D eigenvalue weighted by atomic mass is 10.0. The fraction of sp³-hybridized carbons (Fsp3) is 0.0392. The number of hydrogen-bond acceptors (Lipinski definition) is 5. The molecule has 6 heteroatoms. The van der Waals surface area contributed by atoms with Crippen LogP contribution in [0.1, 0.15) is 17.7 Å². The summed E-state index contributed by atoms with van der Waals surface area (Å²) in [4.78, 5) is 15.4. The molecule has 12 rings (SSSR count). The summed E-state index contributed by atoms with van der Waals surface area (Å²) in [6, 6.07) is 54.8. The number of rotatable bonds is 5. The van der Waals surface area contributed by atoms with Gasteiger partial charge >= 0.3 is 0 Å². The zero-order valence-electron chi connectivity index (χ0n) is 30.7. The van der Waals surface area contributed by atoms with Crippen molar-refractivity contribution in [3.63, 3.8) is 0 Å². The standard InChI is InChI=1S/C51H32N4O2/c1-3-13-31(14-4-1)33-26-28-46-41(29-33)38-20-12-23-44(48(38)57-46)55-42-22-9-7-17-35(42)40-30-34(25-27-43(40)55)50-52-49(32-15-5-2-6-16-32)53-51(54-50)39-21-11-19-37-36-18-8-10-24-45(36)56-47(37)39/h1-9,11-23,25-30H,10,24H2. The number of benzene rings is 7. The Balaban J connectivity index is 1.05. The summed E-state index contributed by atoms with van der Waals surface area (Å²) in [5.74, 6) is 2.79. The molecule has 0 saturated heterocycles. The normalized spacial score (nSPS) is 12.7. The van der Waals surface area contributed by atoms with Gasteiger partial charge in [0.2, 0.25) is 0 Å². The van der Waals surface area contributed by atoms with E-state index in [1.165, 1.54) is 5.56 Å². The Morgan fingerprint density at radius 1 is 0.456 bits per heavy atom. The maximum absolute atomic E-state index is 6.70. The van der Waals surface area contributed by atoms with Crippen LogP contribution in [-0.4, -0.2) is 19.5 Å². The number of para-hydroxylation sites is 3. The predicted molar refractivity (Wildman–Crippen MR) is 230 cm³/mol. The lowest BCUT2D eigenvalue weighted by Gasteiger charge is -2.10. The van der Waals surface area contributed by atoms with Crippen molar-refractivity contribution in [2.75, 3.05) is 0 Å². The fourth-order valence-corrected chi connectivity index (χ4v) is 8.63. The first-order valence-electron chi connectivity index (χ1n) is 19.3. The Morgan fingerprint density at radius 3 is 2.02 bits per heavy atom. The van der Waals surface area contributed by atoms with Crippen LogP contribution in [0.5, 0.6) is 0 Å². The van der Waals surface area contributed by atoms with Crippen LogP contribution in [0.4, 0.5) is 0 Å². The molecule has 57 heavy (non-hydrogen) atoms. The highest BCUT2D eigenvalue weighted by molar-refractivity contribution is 6.13. The first-order chi connectivity index (χ1) is 28.2. The molecule has 0 atom stereocenters. The van der Waals surface area contributed by atoms with Gasteiger partial charge in [-0.2, -0.15) is 0 Å². The monoisotopic (exact) mass is 732 g/mol. The minimum atomic E-state index is 0.578. The molecule has 1 aliphatic rings. The molecule has 0 N–H and O–H groups in total. The number of allylic oxidation sites excluding steroid dienone is 1. The number of nitrogens with zero attached hydrogens (tertiary/aromatic N) is 4. The Morgan fingerprint density at radius 2 is 1.14 bits per heavy atom. The van der Waals surface area contributed by atoms with Gasteiger partial charge in [-0.3, -0.25) is 0 Å². The van der Waals surface area contributed by atoms with Crippen LogP contribution in [0.2, 0.25) is 0 Å². The topological polar surface area (TPSA) is 69.9 Å². The molecule has 1 aliphatic carbocycles. The maximum atomic E-state index is 6.70. The number of aromatic nitrogens is 4. The van der Waals surface area contributed by atoms with Gasteiger partial charge < -0.3 is 13.4 Å². The molecule has 0 aliphatic heterocycles. The number of furan rings is 2. The van der Waals surface area contributed by atoms with Gasteiger partial charge in [0, 0.05) is 50.0 Å². The van der Waals surface area contributed by atoms with Crippen molar-refractivity contribution in [1.82, 2.24) is 19.5 Å². The largest absolute Gasteiger partial charge is 0.460 e. The van der Waals surface area contributed by atoms with Gasteiger partial charge in [0.15, 0.2) is 23.1 Å². The fourth-order valence-electron chi connectivity index (χ4n) is 8.63. The number of aryl methyl sites for hydroxylation is 1. The maximum Gasteiger partial charge on any atom is 0.167 e. The van der Waals surface area contributed by atoms with Crippen LogP contribution in [-0.2, 0) is 6.42 Å². The van der Waals surface area contributed by atoms with Gasteiger partial charge in [0.25, 0.3) is 0 Å². The van der Waals surface area contributed by atoms with Gasteiger partial charge in [0.1, 0.15) is 16.9 Å². The SMILES string of the molecule is C1=Cc2c(oc3c(-c4nc(-c5ccccc5)nc(-c5ccc6c(c5)c5ccccc5n6-c5cccc6c5oc5ccc(-c7ccccc7)cc56)n4)cccc23)CC1. The summed E-state index contributed by atoms with van der Waals surface area (Å²) in [7, 11) is 0. The van der Waals surface area contributed by atoms with Crippen molar-refractivity contribution in [3.05, 3.63) is 175 Å². The summed E-state index contributed by atoms with van der Waals surface area (Å²) in [6.45, 7) is 0. The van der Waals surface area contributed by atoms with Crippen LogP contribution in [0.15, 0.2) is 173 Å². The molecule has 0 saturated carbocycles. The second kappa shape index (κ2) is 12.5. The Kier molecular flexibility index (Phi) is 6.95. The Bertz CT molecular complexity index is 3410. The number of hydrogen-bond donors (Lipinski definition) is 0. The summed E-state index contributed by atoms with van der Waals surface area (Å²) >= 11 is 0. The smallest absolute Gasteiger partial charge is 0.167 e. The average Bonchev–Trinajstić information content (AvgIpc) is 3.96. The molecule has 7 aromatic carbocycles. The Hall–Kier alpha value is -7.57. The molecule has 0 fully saturated rings. The first kappa shape index (κ1) is 31.7. The van der Waals surface area contributed by atoms with Crippen LogP contribution in [0, 0.1) is 0 Å². The minimum Gasteiger partial charge on any atom is -0.460 e. The molecular weight excluding hydrogens is 701 g/mol. The summed E-state index contributed by atoms with van der Waals surface area (Å²) in [5.41, 5.74) is 11.8. The van der Waals surface area contributed by atoms with E-state index >= 15 is 0 Å². The zero-order valence-corrected chi connectivity index (χ0v) is 30.7. The third-order valence-corrected chi connectivity index (χ3v) is 11.3. The second-order valence-corrected chi connectivity index (χ2v) is 14.7. The summed E-state index contributed by atoms with van der Waals surface area (Å²) < 4.78 is 15.5. The molecule has 0 bridgehead atoms. The molecule has 6 nitrogen and oxygen atoms in total. The predicted octanol–water partition coefficient (Wildman–Crippen LogP) is 13.2. The highest BCUT2D eigenvalue weighted by Gasteiger charge is 2.22. The first-order valence-corrected chi connectivity index (χ1v) is 19.3. The van der Waals surface area contributed by atoms with Crippen LogP contribution >= 0.6 is 0 Å². The third-order valence-electron chi connectivity index (χ3n) is 11.3. The molecule has 0 unspecified atom stereocenters. The zero-order chi connectivity index (χ0) is 37.5. The quantitative estimate of drug-likeness (QED) is 0.176.